The predicted octanol–water partition coefficient (Wildman–Crippen LogP) is 4.38. The molecule has 2 heterocycles. The second-order valence-electron chi connectivity index (χ2n) is 7.84. The molecule has 0 spiro atoms. The molecular weight excluding hydrogens is 395 g/mol. The van der Waals surface area contributed by atoms with E-state index in [4.69, 9.17) is 4.42 Å². The first-order valence-electron chi connectivity index (χ1n) is 10.9. The highest BCUT2D eigenvalue weighted by Gasteiger charge is 2.42. The summed E-state index contributed by atoms with van der Waals surface area (Å²) in [5.74, 6) is -0.741. The van der Waals surface area contributed by atoms with Crippen molar-refractivity contribution in [1.29, 1.82) is 0 Å². The second-order valence-corrected chi connectivity index (χ2v) is 7.84. The number of halogens is 1. The number of hydrogen-bond donors (Lipinski definition) is 0. The lowest BCUT2D eigenvalue weighted by atomic mass is 9.97. The molecule has 1 amide bonds. The molecule has 1 atom stereocenters. The molecule has 0 aliphatic carbocycles. The van der Waals surface area contributed by atoms with Crippen LogP contribution in [0.4, 0.5) is 4.39 Å². The minimum atomic E-state index is -0.548. The largest absolute Gasteiger partial charge is 0.450 e. The van der Waals surface area contributed by atoms with Crippen LogP contribution in [-0.4, -0.2) is 41.9 Å². The van der Waals surface area contributed by atoms with Crippen LogP contribution in [0.2, 0.25) is 0 Å². The number of nitrogens with zero attached hydrogens (tertiary/aromatic N) is 2. The van der Waals surface area contributed by atoms with E-state index >= 15 is 0 Å². The molecule has 6 heteroatoms. The molecule has 3 aromatic rings. The maximum Gasteiger partial charge on any atom is 0.290 e. The van der Waals surface area contributed by atoms with Crippen LogP contribution < -0.4 is 5.43 Å². The van der Waals surface area contributed by atoms with Gasteiger partial charge in [-0.2, -0.15) is 0 Å². The van der Waals surface area contributed by atoms with Gasteiger partial charge in [0.15, 0.2) is 5.43 Å². The van der Waals surface area contributed by atoms with Crippen LogP contribution in [0, 0.1) is 5.82 Å². The fourth-order valence-electron chi connectivity index (χ4n) is 4.29. The summed E-state index contributed by atoms with van der Waals surface area (Å²) in [4.78, 5) is 30.7. The van der Waals surface area contributed by atoms with Crippen molar-refractivity contribution in [2.45, 2.75) is 33.2 Å². The number of fused-ring (bicyclic) bond motifs is 2. The van der Waals surface area contributed by atoms with Gasteiger partial charge >= 0.3 is 0 Å². The van der Waals surface area contributed by atoms with Crippen molar-refractivity contribution in [3.05, 3.63) is 81.0 Å². The predicted molar refractivity (Wildman–Crippen MR) is 119 cm³/mol. The minimum Gasteiger partial charge on any atom is -0.450 e. The van der Waals surface area contributed by atoms with E-state index in [1.54, 1.807) is 4.90 Å². The molecular formula is C25H27FN2O3. The lowest BCUT2D eigenvalue weighted by molar-refractivity contribution is 0.0708. The zero-order chi connectivity index (χ0) is 22.1. The number of carbonyl (C=O) groups excluding carboxylic acids is 1. The first kappa shape index (κ1) is 21.2. The highest BCUT2D eigenvalue weighted by Crippen LogP contribution is 2.38. The van der Waals surface area contributed by atoms with Crippen LogP contribution in [0.1, 0.15) is 54.1 Å². The van der Waals surface area contributed by atoms with Crippen molar-refractivity contribution in [1.82, 2.24) is 9.80 Å². The van der Waals surface area contributed by atoms with Gasteiger partial charge in [0.05, 0.1) is 17.0 Å². The van der Waals surface area contributed by atoms with Gasteiger partial charge in [-0.15, -0.1) is 0 Å². The van der Waals surface area contributed by atoms with Gasteiger partial charge in [-0.05, 0) is 48.8 Å². The number of likely N-dealkylation sites (N-methyl/N-ethyl adjacent to an activating group) is 1. The molecule has 4 rings (SSSR count). The topological polar surface area (TPSA) is 53.8 Å². The molecule has 1 aliphatic heterocycles. The third-order valence-corrected chi connectivity index (χ3v) is 6.18. The molecule has 0 fully saturated rings. The maximum atomic E-state index is 13.8. The Bertz CT molecular complexity index is 1170. The van der Waals surface area contributed by atoms with Crippen molar-refractivity contribution in [3.63, 3.8) is 0 Å². The Kier molecular flexibility index (Phi) is 5.92. The Hall–Kier alpha value is -2.99. The molecule has 162 valence electrons. The van der Waals surface area contributed by atoms with E-state index in [2.05, 4.69) is 25.7 Å². The maximum absolute atomic E-state index is 13.8. The third kappa shape index (κ3) is 3.76. The van der Waals surface area contributed by atoms with Crippen molar-refractivity contribution in [2.24, 2.45) is 0 Å². The van der Waals surface area contributed by atoms with Gasteiger partial charge < -0.3 is 14.2 Å². The number of hydrogen-bond acceptors (Lipinski definition) is 4. The van der Waals surface area contributed by atoms with Crippen molar-refractivity contribution in [2.75, 3.05) is 26.2 Å². The Morgan fingerprint density at radius 2 is 1.74 bits per heavy atom. The van der Waals surface area contributed by atoms with Gasteiger partial charge in [-0.3, -0.25) is 9.59 Å². The Morgan fingerprint density at radius 1 is 1.03 bits per heavy atom. The van der Waals surface area contributed by atoms with Crippen molar-refractivity contribution < 1.29 is 13.6 Å². The van der Waals surface area contributed by atoms with Gasteiger partial charge in [-0.1, -0.05) is 45.0 Å². The minimum absolute atomic E-state index is 0.0632. The number of rotatable bonds is 7. The Balaban J connectivity index is 1.86. The lowest BCUT2D eigenvalue weighted by Crippen LogP contribution is -2.37. The molecule has 1 unspecified atom stereocenters. The average molecular weight is 423 g/mol. The van der Waals surface area contributed by atoms with E-state index in [9.17, 15) is 14.0 Å². The summed E-state index contributed by atoms with van der Waals surface area (Å²) in [7, 11) is 0. The first-order chi connectivity index (χ1) is 15.0. The van der Waals surface area contributed by atoms with Crippen molar-refractivity contribution >= 4 is 16.9 Å². The highest BCUT2D eigenvalue weighted by molar-refractivity contribution is 5.99. The normalized spacial score (nSPS) is 15.8. The van der Waals surface area contributed by atoms with Gasteiger partial charge in [0.25, 0.3) is 5.91 Å². The summed E-state index contributed by atoms with van der Waals surface area (Å²) in [5.41, 5.74) is 2.21. The second kappa shape index (κ2) is 8.63. The summed E-state index contributed by atoms with van der Waals surface area (Å²) < 4.78 is 19.7. The van der Waals surface area contributed by atoms with Crippen LogP contribution >= 0.6 is 0 Å². The smallest absolute Gasteiger partial charge is 0.290 e. The molecule has 0 N–H and O–H groups in total. The lowest BCUT2D eigenvalue weighted by Gasteiger charge is -2.28. The Morgan fingerprint density at radius 3 is 2.39 bits per heavy atom. The molecule has 1 aliphatic rings. The summed E-state index contributed by atoms with van der Waals surface area (Å²) in [5, 5.41) is 0.160. The first-order valence-corrected chi connectivity index (χ1v) is 10.9. The quantitative estimate of drug-likeness (QED) is 0.567. The fraction of sp³-hybridized carbons (Fsp3) is 0.360. The number of aryl methyl sites for hydroxylation is 1. The van der Waals surface area contributed by atoms with Crippen LogP contribution in [0.15, 0.2) is 51.7 Å². The Labute approximate surface area is 181 Å². The summed E-state index contributed by atoms with van der Waals surface area (Å²) in [6.45, 7) is 9.15. The third-order valence-electron chi connectivity index (χ3n) is 6.18. The summed E-state index contributed by atoms with van der Waals surface area (Å²) in [6, 6.07) is 11.2. The summed E-state index contributed by atoms with van der Waals surface area (Å²) in [6.07, 6.45) is 0.901. The van der Waals surface area contributed by atoms with Gasteiger partial charge in [-0.25, -0.2) is 4.39 Å². The number of carbonyl (C=O) groups is 1. The number of amides is 1. The van der Waals surface area contributed by atoms with Gasteiger partial charge in [0, 0.05) is 13.1 Å². The molecule has 1 aromatic heterocycles. The average Bonchev–Trinajstić information content (AvgIpc) is 3.07. The monoisotopic (exact) mass is 422 g/mol. The SMILES string of the molecule is CCc1ccc(C2c3c(oc4ccc(F)cc4c3=O)C(=O)N2CCN(CC)CC)cc1. The van der Waals surface area contributed by atoms with E-state index < -0.39 is 11.9 Å². The zero-order valence-electron chi connectivity index (χ0n) is 18.2. The van der Waals surface area contributed by atoms with E-state index in [0.29, 0.717) is 18.7 Å². The molecule has 2 aromatic carbocycles. The molecule has 0 radical (unpaired) electrons. The molecule has 0 saturated carbocycles. The standard InChI is InChI=1S/C25H27FN2O3/c1-4-16-7-9-17(10-8-16)22-21-23(29)19-15-18(26)11-12-20(19)31-24(21)25(30)28(22)14-13-27(5-2)6-3/h7-12,15,22H,4-6,13-14H2,1-3H3. The van der Waals surface area contributed by atoms with Crippen molar-refractivity contribution in [3.8, 4) is 0 Å². The molecule has 31 heavy (non-hydrogen) atoms. The van der Waals surface area contributed by atoms with Crippen LogP contribution in [0.3, 0.4) is 0 Å². The fourth-order valence-corrected chi connectivity index (χ4v) is 4.29. The van der Waals surface area contributed by atoms with E-state index in [1.807, 2.05) is 24.3 Å². The van der Waals surface area contributed by atoms with Crippen LogP contribution in [0.25, 0.3) is 11.0 Å². The van der Waals surface area contributed by atoms with Gasteiger partial charge in [0.1, 0.15) is 11.4 Å². The molecule has 0 saturated heterocycles. The van der Waals surface area contributed by atoms with Crippen LogP contribution in [0.5, 0.6) is 0 Å². The van der Waals surface area contributed by atoms with Crippen LogP contribution in [-0.2, 0) is 6.42 Å². The van der Waals surface area contributed by atoms with Gasteiger partial charge in [0.2, 0.25) is 5.76 Å². The highest BCUT2D eigenvalue weighted by atomic mass is 19.1. The summed E-state index contributed by atoms with van der Waals surface area (Å²) >= 11 is 0. The number of benzene rings is 2. The zero-order valence-corrected chi connectivity index (χ0v) is 18.2. The van der Waals surface area contributed by atoms with E-state index in [0.717, 1.165) is 25.1 Å². The molecule has 0 bridgehead atoms. The van der Waals surface area contributed by atoms with E-state index in [1.165, 1.54) is 23.8 Å². The van der Waals surface area contributed by atoms with E-state index in [-0.39, 0.29) is 28.1 Å². The molecule has 5 nitrogen and oxygen atoms in total.